The zero-order chi connectivity index (χ0) is 22.9. The highest BCUT2D eigenvalue weighted by Crippen LogP contribution is 2.30. The molecule has 2 aliphatic heterocycles. The Kier molecular flexibility index (Phi) is 6.09. The number of thioether (sulfide) groups is 1. The fraction of sp³-hybridized carbons (Fsp3) is 0.304. The molecule has 1 fully saturated rings. The minimum atomic E-state index is -0.919. The number of amides is 2. The summed E-state index contributed by atoms with van der Waals surface area (Å²) in [6, 6.07) is 14.2. The normalized spacial score (nSPS) is 16.5. The van der Waals surface area contributed by atoms with E-state index in [0.29, 0.717) is 21.3 Å². The molecule has 1 N–H and O–H groups in total. The van der Waals surface area contributed by atoms with Gasteiger partial charge in [0.25, 0.3) is 11.8 Å². The van der Waals surface area contributed by atoms with Gasteiger partial charge in [-0.25, -0.2) is 0 Å². The fourth-order valence-corrected chi connectivity index (χ4v) is 5.20. The molecule has 2 aromatic carbocycles. The van der Waals surface area contributed by atoms with Crippen molar-refractivity contribution >= 4 is 41.1 Å². The predicted octanol–water partition coefficient (Wildman–Crippen LogP) is 3.27. The van der Waals surface area contributed by atoms with Crippen molar-refractivity contribution < 1.29 is 14.7 Å². The number of nitrogens with zero attached hydrogens (tertiary/aromatic N) is 5. The molecule has 33 heavy (non-hydrogen) atoms. The van der Waals surface area contributed by atoms with Gasteiger partial charge >= 0.3 is 0 Å². The van der Waals surface area contributed by atoms with Crippen LogP contribution in [0.4, 0.5) is 5.95 Å². The summed E-state index contributed by atoms with van der Waals surface area (Å²) in [7, 11) is 0. The van der Waals surface area contributed by atoms with Gasteiger partial charge in [0.15, 0.2) is 5.16 Å². The highest BCUT2D eigenvalue weighted by atomic mass is 35.5. The number of carbonyl (C=O) groups is 2. The first-order valence-electron chi connectivity index (χ1n) is 10.8. The summed E-state index contributed by atoms with van der Waals surface area (Å²) in [5.74, 6) is 0.231. The molecule has 2 amide bonds. The van der Waals surface area contributed by atoms with Gasteiger partial charge in [-0.1, -0.05) is 41.6 Å². The van der Waals surface area contributed by atoms with E-state index in [-0.39, 0.29) is 24.1 Å². The first-order valence-corrected chi connectivity index (χ1v) is 12.1. The lowest BCUT2D eigenvalue weighted by molar-refractivity contribution is 0.0567. The van der Waals surface area contributed by atoms with Crippen molar-refractivity contribution in [2.24, 2.45) is 0 Å². The Labute approximate surface area is 200 Å². The minimum Gasteiger partial charge on any atom is -0.390 e. The number of fused-ring (bicyclic) bond motifs is 1. The monoisotopic (exact) mass is 483 g/mol. The molecule has 1 atom stereocenters. The number of hydrogen-bond acceptors (Lipinski definition) is 7. The molecule has 0 saturated carbocycles. The molecule has 0 bridgehead atoms. The van der Waals surface area contributed by atoms with E-state index in [2.05, 4.69) is 15.1 Å². The first-order chi connectivity index (χ1) is 16.0. The molecule has 3 heterocycles. The Bertz CT molecular complexity index is 1180. The first kappa shape index (κ1) is 21.9. The minimum absolute atomic E-state index is 0.0797. The van der Waals surface area contributed by atoms with Crippen LogP contribution in [-0.2, 0) is 0 Å². The maximum atomic E-state index is 12.6. The highest BCUT2D eigenvalue weighted by molar-refractivity contribution is 7.99. The molecule has 0 aliphatic carbocycles. The summed E-state index contributed by atoms with van der Waals surface area (Å²) < 4.78 is 1.94. The molecule has 5 rings (SSSR count). The van der Waals surface area contributed by atoms with Gasteiger partial charge in [-0.05, 0) is 43.2 Å². The smallest absolute Gasteiger partial charge is 0.261 e. The number of benzene rings is 2. The highest BCUT2D eigenvalue weighted by Gasteiger charge is 2.36. The number of aliphatic hydroxyl groups is 1. The molecule has 1 aromatic heterocycles. The van der Waals surface area contributed by atoms with Gasteiger partial charge in [0, 0.05) is 23.9 Å². The number of hydrogen-bond donors (Lipinski definition) is 1. The Balaban J connectivity index is 1.33. The van der Waals surface area contributed by atoms with Gasteiger partial charge in [-0.3, -0.25) is 19.1 Å². The molecule has 0 radical (unpaired) electrons. The number of anilines is 1. The van der Waals surface area contributed by atoms with Crippen LogP contribution < -0.4 is 4.90 Å². The molecule has 8 nitrogen and oxygen atoms in total. The van der Waals surface area contributed by atoms with Crippen molar-refractivity contribution in [3.8, 4) is 5.69 Å². The number of rotatable bonds is 7. The van der Waals surface area contributed by atoms with Crippen LogP contribution >= 0.6 is 23.4 Å². The summed E-state index contributed by atoms with van der Waals surface area (Å²) in [6.45, 7) is 1.74. The summed E-state index contributed by atoms with van der Waals surface area (Å²) >= 11 is 7.56. The molecular weight excluding hydrogens is 462 g/mol. The van der Waals surface area contributed by atoms with Crippen molar-refractivity contribution in [2.45, 2.75) is 24.1 Å². The van der Waals surface area contributed by atoms with Crippen LogP contribution in [0.5, 0.6) is 0 Å². The Morgan fingerprint density at radius 3 is 2.36 bits per heavy atom. The molecule has 170 valence electrons. The second-order valence-electron chi connectivity index (χ2n) is 8.02. The molecular formula is C23H22ClN5O3S. The van der Waals surface area contributed by atoms with Crippen molar-refractivity contribution in [1.82, 2.24) is 19.7 Å². The largest absolute Gasteiger partial charge is 0.390 e. The summed E-state index contributed by atoms with van der Waals surface area (Å²) in [5.41, 5.74) is 1.59. The van der Waals surface area contributed by atoms with Gasteiger partial charge in [-0.2, -0.15) is 0 Å². The van der Waals surface area contributed by atoms with Gasteiger partial charge in [0.05, 0.1) is 29.5 Å². The molecule has 0 spiro atoms. The number of imide groups is 1. The van der Waals surface area contributed by atoms with Crippen LogP contribution in [0, 0.1) is 0 Å². The summed E-state index contributed by atoms with van der Waals surface area (Å²) in [6.07, 6.45) is 1.28. The lowest BCUT2D eigenvalue weighted by Crippen LogP contribution is -2.37. The molecule has 1 unspecified atom stereocenters. The number of aliphatic hydroxyl groups excluding tert-OH is 1. The van der Waals surface area contributed by atoms with Crippen molar-refractivity contribution in [3.05, 3.63) is 64.7 Å². The van der Waals surface area contributed by atoms with Gasteiger partial charge < -0.3 is 10.0 Å². The van der Waals surface area contributed by atoms with E-state index in [1.165, 1.54) is 11.8 Å². The summed E-state index contributed by atoms with van der Waals surface area (Å²) in [5, 5.41) is 20.6. The third-order valence-electron chi connectivity index (χ3n) is 5.75. The predicted molar refractivity (Wildman–Crippen MR) is 126 cm³/mol. The molecule has 10 heteroatoms. The lowest BCUT2D eigenvalue weighted by Gasteiger charge is -2.20. The molecule has 2 aliphatic rings. The second kappa shape index (κ2) is 9.17. The second-order valence-corrected chi connectivity index (χ2v) is 9.45. The average molecular weight is 484 g/mol. The van der Waals surface area contributed by atoms with Crippen molar-refractivity contribution in [3.63, 3.8) is 0 Å². The van der Waals surface area contributed by atoms with E-state index in [4.69, 9.17) is 11.6 Å². The van der Waals surface area contributed by atoms with E-state index in [9.17, 15) is 14.7 Å². The van der Waals surface area contributed by atoms with Crippen LogP contribution in [0.2, 0.25) is 5.02 Å². The SMILES string of the molecule is O=C1c2ccccc2C(=O)N1CC(O)CSc1nnc(N2CCCC2)n1-c1cccc(Cl)c1. The topological polar surface area (TPSA) is 91.6 Å². The van der Waals surface area contributed by atoms with Gasteiger partial charge in [0.2, 0.25) is 5.95 Å². The van der Waals surface area contributed by atoms with E-state index in [1.54, 1.807) is 24.3 Å². The Morgan fingerprint density at radius 2 is 1.70 bits per heavy atom. The number of β-amino-alcohol motifs (C(OH)–C–C–N with tert-alkyl or cyclic N) is 1. The third-order valence-corrected chi connectivity index (χ3v) is 7.06. The zero-order valence-electron chi connectivity index (χ0n) is 17.7. The van der Waals surface area contributed by atoms with E-state index >= 15 is 0 Å². The van der Waals surface area contributed by atoms with E-state index in [1.807, 2.05) is 28.8 Å². The van der Waals surface area contributed by atoms with Crippen LogP contribution in [0.15, 0.2) is 53.7 Å². The van der Waals surface area contributed by atoms with Crippen LogP contribution in [0.25, 0.3) is 5.69 Å². The van der Waals surface area contributed by atoms with Gasteiger partial charge in [-0.15, -0.1) is 10.2 Å². The lowest BCUT2D eigenvalue weighted by atomic mass is 10.1. The Morgan fingerprint density at radius 1 is 1.00 bits per heavy atom. The van der Waals surface area contributed by atoms with Crippen LogP contribution in [0.1, 0.15) is 33.6 Å². The van der Waals surface area contributed by atoms with E-state index in [0.717, 1.165) is 42.5 Å². The van der Waals surface area contributed by atoms with Crippen molar-refractivity contribution in [2.75, 3.05) is 30.3 Å². The fourth-order valence-electron chi connectivity index (χ4n) is 4.16. The number of aromatic nitrogens is 3. The average Bonchev–Trinajstić information content (AvgIpc) is 3.54. The standard InChI is InChI=1S/C23H22ClN5O3S/c24-15-6-5-7-16(12-15)29-22(27-10-3-4-11-27)25-26-23(29)33-14-17(30)13-28-20(31)18-8-1-2-9-19(18)21(28)32/h1-2,5-9,12,17,30H,3-4,10-11,13-14H2. The maximum Gasteiger partial charge on any atom is 0.261 e. The number of carbonyl (C=O) groups excluding carboxylic acids is 2. The Hall–Kier alpha value is -2.88. The summed E-state index contributed by atoms with van der Waals surface area (Å²) in [4.78, 5) is 28.5. The zero-order valence-corrected chi connectivity index (χ0v) is 19.3. The van der Waals surface area contributed by atoms with Crippen molar-refractivity contribution in [1.29, 1.82) is 0 Å². The van der Waals surface area contributed by atoms with E-state index < -0.39 is 6.10 Å². The molecule has 1 saturated heterocycles. The van der Waals surface area contributed by atoms with Crippen LogP contribution in [0.3, 0.4) is 0 Å². The third kappa shape index (κ3) is 4.23. The number of halogens is 1. The molecule has 3 aromatic rings. The maximum absolute atomic E-state index is 12.6. The van der Waals surface area contributed by atoms with Gasteiger partial charge in [0.1, 0.15) is 0 Å². The quantitative estimate of drug-likeness (QED) is 0.407. The van der Waals surface area contributed by atoms with Crippen LogP contribution in [-0.4, -0.2) is 68.1 Å².